The third-order valence-corrected chi connectivity index (χ3v) is 3.51. The van der Waals surface area contributed by atoms with E-state index in [2.05, 4.69) is 10.3 Å². The van der Waals surface area contributed by atoms with Gasteiger partial charge in [0.2, 0.25) is 5.82 Å². The highest BCUT2D eigenvalue weighted by Gasteiger charge is 2.18. The number of pyridine rings is 1. The predicted octanol–water partition coefficient (Wildman–Crippen LogP) is 2.85. The summed E-state index contributed by atoms with van der Waals surface area (Å²) in [4.78, 5) is 14.4. The number of nitro groups is 1. The Morgan fingerprint density at radius 2 is 2.26 bits per heavy atom. The molecule has 1 heterocycles. The second-order valence-electron chi connectivity index (χ2n) is 4.83. The molecule has 0 radical (unpaired) electrons. The molecule has 2 rings (SSSR count). The average Bonchev–Trinajstić information content (AvgIpc) is 2.92. The summed E-state index contributed by atoms with van der Waals surface area (Å²) in [6.45, 7) is 0.685. The highest BCUT2D eigenvalue weighted by Crippen LogP contribution is 2.28. The van der Waals surface area contributed by atoms with Crippen LogP contribution in [-0.4, -0.2) is 16.5 Å². The molecule has 0 atom stereocenters. The van der Waals surface area contributed by atoms with E-state index < -0.39 is 4.92 Å². The van der Waals surface area contributed by atoms with E-state index in [1.54, 1.807) is 0 Å². The molecule has 6 heteroatoms. The summed E-state index contributed by atoms with van der Waals surface area (Å²) in [5, 5.41) is 22.7. The Bertz CT molecular complexity index is 504. The minimum Gasteiger partial charge on any atom is -0.364 e. The lowest BCUT2D eigenvalue weighted by Crippen LogP contribution is -2.09. The number of rotatable bonds is 5. The third-order valence-electron chi connectivity index (χ3n) is 3.51. The molecule has 1 aliphatic rings. The van der Waals surface area contributed by atoms with E-state index in [9.17, 15) is 10.1 Å². The van der Waals surface area contributed by atoms with Gasteiger partial charge < -0.3 is 5.32 Å². The molecule has 0 aliphatic heterocycles. The van der Waals surface area contributed by atoms with Crippen molar-refractivity contribution in [2.75, 3.05) is 11.9 Å². The number of aromatic nitrogens is 1. The number of nitriles is 1. The van der Waals surface area contributed by atoms with Gasteiger partial charge in [-0.25, -0.2) is 4.98 Å². The predicted molar refractivity (Wildman–Crippen MR) is 70.7 cm³/mol. The minimum absolute atomic E-state index is 0.134. The van der Waals surface area contributed by atoms with Crippen molar-refractivity contribution in [3.8, 4) is 6.07 Å². The van der Waals surface area contributed by atoms with Gasteiger partial charge in [0.1, 0.15) is 6.07 Å². The molecule has 1 aliphatic carbocycles. The van der Waals surface area contributed by atoms with Crippen LogP contribution in [0.4, 0.5) is 11.5 Å². The van der Waals surface area contributed by atoms with E-state index in [4.69, 9.17) is 5.26 Å². The number of hydrogen-bond acceptors (Lipinski definition) is 5. The van der Waals surface area contributed by atoms with Crippen LogP contribution >= 0.6 is 0 Å². The number of anilines is 1. The van der Waals surface area contributed by atoms with Gasteiger partial charge in [-0.2, -0.15) is 5.26 Å². The Balaban J connectivity index is 1.98. The second-order valence-corrected chi connectivity index (χ2v) is 4.83. The summed E-state index contributed by atoms with van der Waals surface area (Å²) in [6.07, 6.45) is 7.46. The molecule has 1 aromatic rings. The standard InChI is InChI=1S/C13H16N4O2/c14-8-11-7-12(17(18)19)13(16-9-11)15-6-5-10-3-1-2-4-10/h7,9-10H,1-6H2,(H,15,16). The zero-order valence-electron chi connectivity index (χ0n) is 10.6. The molecule has 0 bridgehead atoms. The summed E-state index contributed by atoms with van der Waals surface area (Å²) in [6, 6.07) is 3.11. The molecular weight excluding hydrogens is 244 g/mol. The summed E-state index contributed by atoms with van der Waals surface area (Å²) in [5.74, 6) is 0.979. The fraction of sp³-hybridized carbons (Fsp3) is 0.538. The maximum Gasteiger partial charge on any atom is 0.312 e. The normalized spacial score (nSPS) is 15.1. The molecule has 6 nitrogen and oxygen atoms in total. The van der Waals surface area contributed by atoms with Gasteiger partial charge in [0.15, 0.2) is 0 Å². The largest absolute Gasteiger partial charge is 0.364 e. The first-order valence-electron chi connectivity index (χ1n) is 6.49. The minimum atomic E-state index is -0.508. The van der Waals surface area contributed by atoms with Crippen molar-refractivity contribution in [3.63, 3.8) is 0 Å². The Kier molecular flexibility index (Phi) is 4.29. The molecule has 0 amide bonds. The van der Waals surface area contributed by atoms with Crippen molar-refractivity contribution in [2.45, 2.75) is 32.1 Å². The zero-order chi connectivity index (χ0) is 13.7. The summed E-state index contributed by atoms with van der Waals surface area (Å²) >= 11 is 0. The number of hydrogen-bond donors (Lipinski definition) is 1. The van der Waals surface area contributed by atoms with E-state index >= 15 is 0 Å². The number of nitrogens with one attached hydrogen (secondary N) is 1. The van der Waals surface area contributed by atoms with Crippen LogP contribution in [0.25, 0.3) is 0 Å². The van der Waals surface area contributed by atoms with E-state index in [1.165, 1.54) is 37.9 Å². The highest BCUT2D eigenvalue weighted by atomic mass is 16.6. The van der Waals surface area contributed by atoms with Crippen LogP contribution in [0.3, 0.4) is 0 Å². The van der Waals surface area contributed by atoms with Crippen LogP contribution in [0.5, 0.6) is 0 Å². The van der Waals surface area contributed by atoms with Gasteiger partial charge in [-0.15, -0.1) is 0 Å². The third kappa shape index (κ3) is 3.41. The highest BCUT2D eigenvalue weighted by molar-refractivity contribution is 5.58. The molecule has 100 valence electrons. The van der Waals surface area contributed by atoms with E-state index in [-0.39, 0.29) is 17.1 Å². The van der Waals surface area contributed by atoms with Crippen LogP contribution in [-0.2, 0) is 0 Å². The Morgan fingerprint density at radius 3 is 2.89 bits per heavy atom. The fourth-order valence-electron chi connectivity index (χ4n) is 2.48. The summed E-state index contributed by atoms with van der Waals surface area (Å²) < 4.78 is 0. The van der Waals surface area contributed by atoms with Crippen molar-refractivity contribution in [2.24, 2.45) is 5.92 Å². The first kappa shape index (κ1) is 13.3. The first-order chi connectivity index (χ1) is 9.20. The molecule has 0 saturated heterocycles. The van der Waals surface area contributed by atoms with Gasteiger partial charge in [0.25, 0.3) is 0 Å². The van der Waals surface area contributed by atoms with Crippen LogP contribution in [0.15, 0.2) is 12.3 Å². The monoisotopic (exact) mass is 260 g/mol. The van der Waals surface area contributed by atoms with Gasteiger partial charge in [-0.1, -0.05) is 25.7 Å². The first-order valence-corrected chi connectivity index (χ1v) is 6.49. The van der Waals surface area contributed by atoms with Gasteiger partial charge in [0, 0.05) is 18.8 Å². The quantitative estimate of drug-likeness (QED) is 0.649. The lowest BCUT2D eigenvalue weighted by atomic mass is 10.0. The average molecular weight is 260 g/mol. The molecular formula is C13H16N4O2. The molecule has 1 fully saturated rings. The fourth-order valence-corrected chi connectivity index (χ4v) is 2.48. The summed E-state index contributed by atoms with van der Waals surface area (Å²) in [7, 11) is 0. The van der Waals surface area contributed by atoms with Crippen molar-refractivity contribution >= 4 is 11.5 Å². The molecule has 1 aromatic heterocycles. The van der Waals surface area contributed by atoms with Crippen molar-refractivity contribution in [3.05, 3.63) is 27.9 Å². The molecule has 0 unspecified atom stereocenters. The Labute approximate surface area is 111 Å². The molecule has 1 saturated carbocycles. The Morgan fingerprint density at radius 1 is 1.53 bits per heavy atom. The van der Waals surface area contributed by atoms with Crippen molar-refractivity contribution in [1.82, 2.24) is 4.98 Å². The zero-order valence-corrected chi connectivity index (χ0v) is 10.6. The van der Waals surface area contributed by atoms with Crippen molar-refractivity contribution < 1.29 is 4.92 Å². The van der Waals surface area contributed by atoms with E-state index in [0.29, 0.717) is 6.54 Å². The lowest BCUT2D eigenvalue weighted by Gasteiger charge is -2.10. The molecule has 0 spiro atoms. The topological polar surface area (TPSA) is 91.8 Å². The van der Waals surface area contributed by atoms with E-state index in [1.807, 2.05) is 6.07 Å². The second kappa shape index (κ2) is 6.14. The summed E-state index contributed by atoms with van der Waals surface area (Å²) in [5.41, 5.74) is 0.0681. The Hall–Kier alpha value is -2.16. The van der Waals surface area contributed by atoms with Crippen LogP contribution in [0.1, 0.15) is 37.7 Å². The van der Waals surface area contributed by atoms with Gasteiger partial charge in [-0.3, -0.25) is 10.1 Å². The molecule has 0 aromatic carbocycles. The number of nitrogens with zero attached hydrogens (tertiary/aromatic N) is 3. The van der Waals surface area contributed by atoms with Crippen LogP contribution in [0, 0.1) is 27.4 Å². The lowest BCUT2D eigenvalue weighted by molar-refractivity contribution is -0.384. The smallest absolute Gasteiger partial charge is 0.312 e. The maximum atomic E-state index is 10.9. The van der Waals surface area contributed by atoms with Gasteiger partial charge >= 0.3 is 5.69 Å². The molecule has 1 N–H and O–H groups in total. The molecule has 19 heavy (non-hydrogen) atoms. The SMILES string of the molecule is N#Cc1cnc(NCCC2CCCC2)c([N+](=O)[O-])c1. The van der Waals surface area contributed by atoms with Gasteiger partial charge in [-0.05, 0) is 12.3 Å². The maximum absolute atomic E-state index is 10.9. The van der Waals surface area contributed by atoms with Gasteiger partial charge in [0.05, 0.1) is 10.5 Å². The van der Waals surface area contributed by atoms with Crippen LogP contribution < -0.4 is 5.32 Å². The van der Waals surface area contributed by atoms with Crippen molar-refractivity contribution in [1.29, 1.82) is 5.26 Å². The van der Waals surface area contributed by atoms with E-state index in [0.717, 1.165) is 12.3 Å². The van der Waals surface area contributed by atoms with Crippen LogP contribution in [0.2, 0.25) is 0 Å².